The molecule has 21 heavy (non-hydrogen) atoms. The van der Waals surface area contributed by atoms with Gasteiger partial charge in [-0.2, -0.15) is 10.2 Å². The van der Waals surface area contributed by atoms with E-state index in [9.17, 15) is 4.79 Å². The molecule has 2 heterocycles. The van der Waals surface area contributed by atoms with Crippen LogP contribution in [0.3, 0.4) is 0 Å². The zero-order chi connectivity index (χ0) is 15.2. The van der Waals surface area contributed by atoms with Crippen LogP contribution in [-0.2, 0) is 24.9 Å². The Hall–Kier alpha value is -2.31. The highest BCUT2D eigenvalue weighted by Gasteiger charge is 2.17. The second kappa shape index (κ2) is 6.92. The van der Waals surface area contributed by atoms with Crippen LogP contribution in [0.4, 0.5) is 0 Å². The fourth-order valence-electron chi connectivity index (χ4n) is 1.94. The van der Waals surface area contributed by atoms with E-state index in [2.05, 4.69) is 17.1 Å². The number of aromatic nitrogens is 4. The van der Waals surface area contributed by atoms with Crippen molar-refractivity contribution < 1.29 is 14.3 Å². The first-order chi connectivity index (χ1) is 10.2. The summed E-state index contributed by atoms with van der Waals surface area (Å²) >= 11 is 0. The minimum Gasteiger partial charge on any atom is -0.484 e. The van der Waals surface area contributed by atoms with Crippen LogP contribution in [0.2, 0.25) is 0 Å². The molecule has 0 amide bonds. The maximum absolute atomic E-state index is 11.8. The second-order valence-corrected chi connectivity index (χ2v) is 4.58. The Kier molecular flexibility index (Phi) is 4.97. The van der Waals surface area contributed by atoms with Gasteiger partial charge in [0.15, 0.2) is 5.75 Å². The zero-order valence-electron chi connectivity index (χ0n) is 12.6. The number of hydrogen-bond donors (Lipinski definition) is 0. The van der Waals surface area contributed by atoms with Gasteiger partial charge in [0.1, 0.15) is 12.2 Å². The summed E-state index contributed by atoms with van der Waals surface area (Å²) < 4.78 is 14.1. The maximum Gasteiger partial charge on any atom is 0.341 e. The number of nitrogens with zero attached hydrogens (tertiary/aromatic N) is 4. The van der Waals surface area contributed by atoms with Gasteiger partial charge in [-0.05, 0) is 13.3 Å². The first-order valence-electron chi connectivity index (χ1n) is 6.99. The normalized spacial score (nSPS) is 10.6. The average molecular weight is 292 g/mol. The predicted molar refractivity (Wildman–Crippen MR) is 76.0 cm³/mol. The number of hydrogen-bond acceptors (Lipinski definition) is 5. The molecule has 0 unspecified atom stereocenters. The van der Waals surface area contributed by atoms with Crippen molar-refractivity contribution in [3.63, 3.8) is 0 Å². The molecule has 2 aromatic rings. The summed E-state index contributed by atoms with van der Waals surface area (Å²) in [5.74, 6) is 0.283. The third-order valence-corrected chi connectivity index (χ3v) is 2.99. The molecule has 0 aromatic carbocycles. The molecule has 7 heteroatoms. The Morgan fingerprint density at radius 3 is 2.81 bits per heavy atom. The van der Waals surface area contributed by atoms with E-state index in [0.29, 0.717) is 23.6 Å². The number of carbonyl (C=O) groups excluding carboxylic acids is 1. The van der Waals surface area contributed by atoms with Crippen molar-refractivity contribution in [2.24, 2.45) is 7.05 Å². The van der Waals surface area contributed by atoms with E-state index < -0.39 is 0 Å². The van der Waals surface area contributed by atoms with E-state index in [1.165, 1.54) is 6.20 Å². The van der Waals surface area contributed by atoms with Gasteiger partial charge in [-0.15, -0.1) is 0 Å². The standard InChI is InChI=1S/C14H20N4O3/c1-4-6-18-9-11(7-16-18)21-10-13-12(8-15-17(13)3)14(19)20-5-2/h7-9H,4-6,10H2,1-3H3. The summed E-state index contributed by atoms with van der Waals surface area (Å²) in [6, 6.07) is 0. The average Bonchev–Trinajstić information content (AvgIpc) is 3.04. The van der Waals surface area contributed by atoms with Gasteiger partial charge in [-0.3, -0.25) is 9.36 Å². The van der Waals surface area contributed by atoms with Crippen molar-refractivity contribution in [1.82, 2.24) is 19.6 Å². The fourth-order valence-corrected chi connectivity index (χ4v) is 1.94. The van der Waals surface area contributed by atoms with E-state index in [1.54, 1.807) is 24.9 Å². The highest BCUT2D eigenvalue weighted by atomic mass is 16.5. The molecule has 0 atom stereocenters. The summed E-state index contributed by atoms with van der Waals surface area (Å²) in [6.45, 7) is 5.28. The number of aryl methyl sites for hydroxylation is 2. The second-order valence-electron chi connectivity index (χ2n) is 4.58. The van der Waals surface area contributed by atoms with Crippen molar-refractivity contribution in [2.75, 3.05) is 6.61 Å². The lowest BCUT2D eigenvalue weighted by atomic mass is 10.2. The topological polar surface area (TPSA) is 71.2 Å². The van der Waals surface area contributed by atoms with Crippen molar-refractivity contribution >= 4 is 5.97 Å². The van der Waals surface area contributed by atoms with Crippen molar-refractivity contribution in [1.29, 1.82) is 0 Å². The Balaban J connectivity index is 2.05. The SMILES string of the molecule is CCCn1cc(OCc2c(C(=O)OCC)cnn2C)cn1. The van der Waals surface area contributed by atoms with E-state index in [-0.39, 0.29) is 12.6 Å². The smallest absolute Gasteiger partial charge is 0.341 e. The Morgan fingerprint density at radius 1 is 1.29 bits per heavy atom. The number of ether oxygens (including phenoxy) is 2. The number of esters is 1. The van der Waals surface area contributed by atoms with Crippen LogP contribution in [0.5, 0.6) is 5.75 Å². The molecule has 0 spiro atoms. The molecule has 0 saturated carbocycles. The summed E-state index contributed by atoms with van der Waals surface area (Å²) in [6.07, 6.45) is 6.01. The molecule has 0 N–H and O–H groups in total. The largest absolute Gasteiger partial charge is 0.484 e. The third kappa shape index (κ3) is 3.62. The van der Waals surface area contributed by atoms with Crippen LogP contribution in [-0.4, -0.2) is 32.1 Å². The third-order valence-electron chi connectivity index (χ3n) is 2.99. The van der Waals surface area contributed by atoms with Crippen molar-refractivity contribution in [2.45, 2.75) is 33.4 Å². The minimum atomic E-state index is -0.383. The fraction of sp³-hybridized carbons (Fsp3) is 0.500. The van der Waals surface area contributed by atoms with E-state index in [1.807, 2.05) is 10.9 Å². The number of carbonyl (C=O) groups is 1. The zero-order valence-corrected chi connectivity index (χ0v) is 12.6. The van der Waals surface area contributed by atoms with Gasteiger partial charge in [-0.1, -0.05) is 6.92 Å². The summed E-state index contributed by atoms with van der Waals surface area (Å²) in [7, 11) is 1.77. The van der Waals surface area contributed by atoms with Gasteiger partial charge in [0, 0.05) is 13.6 Å². The lowest BCUT2D eigenvalue weighted by Gasteiger charge is -2.07. The highest BCUT2D eigenvalue weighted by Crippen LogP contribution is 2.15. The maximum atomic E-state index is 11.8. The van der Waals surface area contributed by atoms with Crippen LogP contribution in [0, 0.1) is 0 Å². The van der Waals surface area contributed by atoms with Crippen LogP contribution in [0.15, 0.2) is 18.6 Å². The van der Waals surface area contributed by atoms with Gasteiger partial charge in [0.2, 0.25) is 0 Å². The van der Waals surface area contributed by atoms with E-state index in [4.69, 9.17) is 9.47 Å². The molecule has 0 aliphatic rings. The molecule has 0 aliphatic carbocycles. The van der Waals surface area contributed by atoms with Gasteiger partial charge < -0.3 is 9.47 Å². The minimum absolute atomic E-state index is 0.239. The summed E-state index contributed by atoms with van der Waals surface area (Å²) in [5, 5.41) is 8.27. The molecular weight excluding hydrogens is 272 g/mol. The molecule has 0 saturated heterocycles. The van der Waals surface area contributed by atoms with Crippen LogP contribution in [0.25, 0.3) is 0 Å². The van der Waals surface area contributed by atoms with Crippen LogP contribution in [0.1, 0.15) is 36.3 Å². The first-order valence-corrected chi connectivity index (χ1v) is 6.99. The van der Waals surface area contributed by atoms with Crippen LogP contribution < -0.4 is 4.74 Å². The predicted octanol–water partition coefficient (Wildman–Crippen LogP) is 1.78. The van der Waals surface area contributed by atoms with Crippen molar-refractivity contribution in [3.05, 3.63) is 29.8 Å². The Bertz CT molecular complexity index is 603. The first kappa shape index (κ1) is 15.1. The monoisotopic (exact) mass is 292 g/mol. The molecule has 2 aromatic heterocycles. The van der Waals surface area contributed by atoms with E-state index >= 15 is 0 Å². The molecule has 0 radical (unpaired) electrons. The van der Waals surface area contributed by atoms with Gasteiger partial charge >= 0.3 is 5.97 Å². The quantitative estimate of drug-likeness (QED) is 0.727. The Morgan fingerprint density at radius 2 is 2.10 bits per heavy atom. The Labute approximate surface area is 123 Å². The molecule has 0 fully saturated rings. The molecule has 0 aliphatic heterocycles. The molecule has 2 rings (SSSR count). The van der Waals surface area contributed by atoms with Gasteiger partial charge in [0.25, 0.3) is 0 Å². The molecule has 114 valence electrons. The van der Waals surface area contributed by atoms with E-state index in [0.717, 1.165) is 13.0 Å². The lowest BCUT2D eigenvalue weighted by Crippen LogP contribution is -2.11. The highest BCUT2D eigenvalue weighted by molar-refractivity contribution is 5.90. The summed E-state index contributed by atoms with van der Waals surface area (Å²) in [5.41, 5.74) is 1.11. The number of rotatable bonds is 7. The molecule has 0 bridgehead atoms. The molecular formula is C14H20N4O3. The van der Waals surface area contributed by atoms with Crippen LogP contribution >= 0.6 is 0 Å². The van der Waals surface area contributed by atoms with Crippen molar-refractivity contribution in [3.8, 4) is 5.75 Å². The van der Waals surface area contributed by atoms with Gasteiger partial charge in [-0.25, -0.2) is 4.79 Å². The lowest BCUT2D eigenvalue weighted by molar-refractivity contribution is 0.0523. The summed E-state index contributed by atoms with van der Waals surface area (Å²) in [4.78, 5) is 11.8. The molecule has 7 nitrogen and oxygen atoms in total. The van der Waals surface area contributed by atoms with Gasteiger partial charge in [0.05, 0.1) is 30.9 Å².